The molecule has 0 unspecified atom stereocenters. The summed E-state index contributed by atoms with van der Waals surface area (Å²) in [4.78, 5) is 0. The summed E-state index contributed by atoms with van der Waals surface area (Å²) in [5.74, 6) is -0.340. The Morgan fingerprint density at radius 3 is 2.68 bits per heavy atom. The summed E-state index contributed by atoms with van der Waals surface area (Å²) in [5, 5.41) is 0. The number of ether oxygens (including phenoxy) is 3. The summed E-state index contributed by atoms with van der Waals surface area (Å²) in [6.45, 7) is 3.49. The van der Waals surface area contributed by atoms with Crippen LogP contribution >= 0.6 is 0 Å². The Morgan fingerprint density at radius 2 is 1.95 bits per heavy atom. The lowest BCUT2D eigenvalue weighted by Gasteiger charge is -2.53. The molecule has 19 heavy (non-hydrogen) atoms. The monoisotopic (exact) mass is 258 g/mol. The summed E-state index contributed by atoms with van der Waals surface area (Å²) in [6.07, 6.45) is 3.02. The van der Waals surface area contributed by atoms with Crippen LogP contribution in [0.15, 0.2) is 35.9 Å². The molecule has 1 aromatic rings. The third-order valence-electron chi connectivity index (χ3n) is 4.88. The van der Waals surface area contributed by atoms with Crippen LogP contribution in [0.3, 0.4) is 0 Å². The third-order valence-corrected chi connectivity index (χ3v) is 4.88. The second-order valence-corrected chi connectivity index (χ2v) is 5.63. The van der Waals surface area contributed by atoms with E-state index in [0.717, 1.165) is 6.42 Å². The summed E-state index contributed by atoms with van der Waals surface area (Å²) in [6, 6.07) is 8.50. The molecule has 2 bridgehead atoms. The van der Waals surface area contributed by atoms with E-state index in [4.69, 9.17) is 14.2 Å². The number of rotatable bonds is 1. The quantitative estimate of drug-likeness (QED) is 0.725. The van der Waals surface area contributed by atoms with Gasteiger partial charge in [0.15, 0.2) is 5.79 Å². The van der Waals surface area contributed by atoms with Crippen molar-refractivity contribution in [2.75, 3.05) is 20.3 Å². The lowest BCUT2D eigenvalue weighted by Crippen LogP contribution is -2.54. The molecule has 4 aliphatic rings. The fraction of sp³-hybridized carbons (Fsp3) is 0.500. The van der Waals surface area contributed by atoms with E-state index in [1.54, 1.807) is 7.11 Å². The molecule has 0 N–H and O–H groups in total. The topological polar surface area (TPSA) is 27.7 Å². The van der Waals surface area contributed by atoms with Gasteiger partial charge in [0.1, 0.15) is 5.60 Å². The van der Waals surface area contributed by atoms with Crippen molar-refractivity contribution in [2.45, 2.75) is 30.7 Å². The average molecular weight is 258 g/mol. The van der Waals surface area contributed by atoms with Gasteiger partial charge in [0.05, 0.1) is 19.1 Å². The molecule has 1 aromatic carbocycles. The molecule has 1 saturated heterocycles. The Kier molecular flexibility index (Phi) is 2.26. The zero-order valence-electron chi connectivity index (χ0n) is 11.3. The second-order valence-electron chi connectivity index (χ2n) is 5.63. The van der Waals surface area contributed by atoms with E-state index in [-0.39, 0.29) is 5.92 Å². The smallest absolute Gasteiger partial charge is 0.182 e. The molecular weight excluding hydrogens is 240 g/mol. The van der Waals surface area contributed by atoms with Crippen LogP contribution in [0.1, 0.15) is 30.4 Å². The van der Waals surface area contributed by atoms with Gasteiger partial charge in [-0.05, 0) is 23.6 Å². The Balaban J connectivity index is 1.98. The van der Waals surface area contributed by atoms with Gasteiger partial charge in [-0.15, -0.1) is 0 Å². The van der Waals surface area contributed by atoms with Crippen LogP contribution in [0.4, 0.5) is 0 Å². The third kappa shape index (κ3) is 1.28. The van der Waals surface area contributed by atoms with Crippen LogP contribution in [0.25, 0.3) is 0 Å². The van der Waals surface area contributed by atoms with Gasteiger partial charge in [0.25, 0.3) is 0 Å². The van der Waals surface area contributed by atoms with Crippen LogP contribution in [0, 0.1) is 0 Å². The molecule has 0 radical (unpaired) electrons. The largest absolute Gasteiger partial charge is 0.369 e. The SMILES string of the molecule is CO[C@@]12CC3(OCCO3)[C@@H](C=C1C)c1ccccc12. The Hall–Kier alpha value is -1.16. The van der Waals surface area contributed by atoms with Crippen molar-refractivity contribution in [3.8, 4) is 0 Å². The van der Waals surface area contributed by atoms with Gasteiger partial charge in [0.2, 0.25) is 0 Å². The first kappa shape index (κ1) is 11.6. The van der Waals surface area contributed by atoms with E-state index in [1.807, 2.05) is 0 Å². The highest BCUT2D eigenvalue weighted by Gasteiger charge is 2.60. The molecule has 3 aliphatic carbocycles. The highest BCUT2D eigenvalue weighted by atomic mass is 16.7. The average Bonchev–Trinajstić information content (AvgIpc) is 2.90. The van der Waals surface area contributed by atoms with Crippen LogP contribution < -0.4 is 0 Å². The first-order valence-electron chi connectivity index (χ1n) is 6.83. The lowest BCUT2D eigenvalue weighted by atomic mass is 9.62. The first-order valence-corrected chi connectivity index (χ1v) is 6.83. The molecule has 2 atom stereocenters. The summed E-state index contributed by atoms with van der Waals surface area (Å²) in [7, 11) is 1.78. The van der Waals surface area contributed by atoms with Gasteiger partial charge in [-0.3, -0.25) is 0 Å². The highest BCUT2D eigenvalue weighted by molar-refractivity contribution is 5.52. The minimum atomic E-state index is -0.524. The first-order chi connectivity index (χ1) is 9.22. The maximum Gasteiger partial charge on any atom is 0.182 e. The van der Waals surface area contributed by atoms with Crippen molar-refractivity contribution in [1.82, 2.24) is 0 Å². The second kappa shape index (κ2) is 3.69. The summed E-state index contributed by atoms with van der Waals surface area (Å²) < 4.78 is 18.0. The molecule has 0 amide bonds. The van der Waals surface area contributed by atoms with Gasteiger partial charge in [-0.25, -0.2) is 0 Å². The zero-order chi connectivity index (χ0) is 13.1. The maximum atomic E-state index is 6.00. The molecule has 3 heteroatoms. The highest BCUT2D eigenvalue weighted by Crippen LogP contribution is 2.59. The molecule has 5 rings (SSSR count). The van der Waals surface area contributed by atoms with Crippen molar-refractivity contribution in [3.63, 3.8) is 0 Å². The van der Waals surface area contributed by atoms with Crippen molar-refractivity contribution in [3.05, 3.63) is 47.0 Å². The lowest BCUT2D eigenvalue weighted by molar-refractivity contribution is -0.218. The molecular formula is C16H18O3. The maximum absolute atomic E-state index is 6.00. The predicted molar refractivity (Wildman–Crippen MR) is 70.9 cm³/mol. The van der Waals surface area contributed by atoms with Crippen molar-refractivity contribution in [2.24, 2.45) is 0 Å². The van der Waals surface area contributed by atoms with Crippen molar-refractivity contribution < 1.29 is 14.2 Å². The Morgan fingerprint density at radius 1 is 1.21 bits per heavy atom. The van der Waals surface area contributed by atoms with Crippen molar-refractivity contribution in [1.29, 1.82) is 0 Å². The van der Waals surface area contributed by atoms with Crippen molar-refractivity contribution >= 4 is 0 Å². The molecule has 0 saturated carbocycles. The van der Waals surface area contributed by atoms with Gasteiger partial charge >= 0.3 is 0 Å². The van der Waals surface area contributed by atoms with Crippen LogP contribution in [0.5, 0.6) is 0 Å². The number of methoxy groups -OCH3 is 1. The Labute approximate surface area is 113 Å². The molecule has 1 heterocycles. The van der Waals surface area contributed by atoms with Gasteiger partial charge in [-0.1, -0.05) is 30.3 Å². The molecule has 100 valence electrons. The van der Waals surface area contributed by atoms with Gasteiger partial charge in [-0.2, -0.15) is 0 Å². The molecule has 1 spiro atoms. The van der Waals surface area contributed by atoms with Crippen LogP contribution in [-0.2, 0) is 19.8 Å². The fourth-order valence-electron chi connectivity index (χ4n) is 3.97. The fourth-order valence-corrected chi connectivity index (χ4v) is 3.97. The van der Waals surface area contributed by atoms with E-state index in [2.05, 4.69) is 37.3 Å². The molecule has 0 aromatic heterocycles. The minimum Gasteiger partial charge on any atom is -0.369 e. The number of benzene rings is 1. The van der Waals surface area contributed by atoms with Gasteiger partial charge < -0.3 is 14.2 Å². The predicted octanol–water partition coefficient (Wildman–Crippen LogP) is 2.72. The molecule has 1 aliphatic heterocycles. The van der Waals surface area contributed by atoms with E-state index in [0.29, 0.717) is 13.2 Å². The number of hydrogen-bond donors (Lipinski definition) is 0. The normalized spacial score (nSPS) is 34.4. The number of hydrogen-bond acceptors (Lipinski definition) is 3. The summed E-state index contributed by atoms with van der Waals surface area (Å²) in [5.41, 5.74) is 3.43. The van der Waals surface area contributed by atoms with E-state index in [1.165, 1.54) is 16.7 Å². The van der Waals surface area contributed by atoms with E-state index >= 15 is 0 Å². The molecule has 3 nitrogen and oxygen atoms in total. The van der Waals surface area contributed by atoms with Crippen LogP contribution in [-0.4, -0.2) is 26.1 Å². The van der Waals surface area contributed by atoms with E-state index in [9.17, 15) is 0 Å². The molecule has 1 fully saturated rings. The Bertz CT molecular complexity index is 557. The standard InChI is InChI=1S/C16H18O3/c1-11-9-14-12-5-3-4-6-13(12)15(11,17-2)10-16(14)18-7-8-19-16/h3-6,9,14H,7-8,10H2,1-2H3/t14-,15-/m0/s1. The minimum absolute atomic E-state index is 0.184. The van der Waals surface area contributed by atoms with E-state index < -0.39 is 11.4 Å². The van der Waals surface area contributed by atoms with Gasteiger partial charge in [0, 0.05) is 13.5 Å². The van der Waals surface area contributed by atoms with Crippen LogP contribution in [0.2, 0.25) is 0 Å². The zero-order valence-corrected chi connectivity index (χ0v) is 11.3. The summed E-state index contributed by atoms with van der Waals surface area (Å²) >= 11 is 0.